The van der Waals surface area contributed by atoms with Crippen LogP contribution in [-0.4, -0.2) is 44.3 Å². The van der Waals surface area contributed by atoms with Gasteiger partial charge in [-0.1, -0.05) is 53.0 Å². The van der Waals surface area contributed by atoms with Crippen molar-refractivity contribution in [3.63, 3.8) is 0 Å². The third-order valence-corrected chi connectivity index (χ3v) is 8.59. The molecule has 0 fully saturated rings. The number of rotatable bonds is 10. The van der Waals surface area contributed by atoms with E-state index in [2.05, 4.69) is 5.32 Å². The highest BCUT2D eigenvalue weighted by Gasteiger charge is 2.37. The molecule has 3 rings (SSSR count). The fourth-order valence-electron chi connectivity index (χ4n) is 3.94. The lowest BCUT2D eigenvalue weighted by Gasteiger charge is -2.32. The molecule has 0 aromatic heterocycles. The zero-order chi connectivity index (χ0) is 30.5. The predicted octanol–water partition coefficient (Wildman–Crippen LogP) is 6.07. The van der Waals surface area contributed by atoms with Gasteiger partial charge in [0.2, 0.25) is 11.8 Å². The maximum Gasteiger partial charge on any atom is 0.417 e. The summed E-state index contributed by atoms with van der Waals surface area (Å²) in [5, 5.41) is 2.44. The lowest BCUT2D eigenvalue weighted by molar-refractivity contribution is -0.139. The average molecular weight is 631 g/mol. The lowest BCUT2D eigenvalue weighted by Crippen LogP contribution is -2.51. The molecule has 0 radical (unpaired) electrons. The molecule has 0 saturated heterocycles. The normalized spacial score (nSPS) is 12.5. The van der Waals surface area contributed by atoms with Gasteiger partial charge in [-0.2, -0.15) is 13.2 Å². The van der Waals surface area contributed by atoms with Crippen molar-refractivity contribution >= 4 is 50.7 Å². The Morgan fingerprint density at radius 2 is 1.59 bits per heavy atom. The maximum absolute atomic E-state index is 13.8. The van der Waals surface area contributed by atoms with Gasteiger partial charge < -0.3 is 10.2 Å². The molecule has 0 bridgehead atoms. The molecule has 41 heavy (non-hydrogen) atoms. The van der Waals surface area contributed by atoms with E-state index in [0.717, 1.165) is 22.6 Å². The van der Waals surface area contributed by atoms with Crippen molar-refractivity contribution in [2.24, 2.45) is 0 Å². The molecule has 220 valence electrons. The smallest absolute Gasteiger partial charge is 0.355 e. The first kappa shape index (κ1) is 32.2. The number of anilines is 1. The van der Waals surface area contributed by atoms with Crippen LogP contribution in [0.15, 0.2) is 71.6 Å². The summed E-state index contributed by atoms with van der Waals surface area (Å²) in [5.41, 5.74) is -0.338. The Morgan fingerprint density at radius 3 is 2.15 bits per heavy atom. The Balaban J connectivity index is 2.12. The molecule has 0 heterocycles. The average Bonchev–Trinajstić information content (AvgIpc) is 2.91. The SMILES string of the molecule is CCNC(=O)C(C)N(Cc1ccc(Cl)cc1)C(=O)CN(c1ccc(Cl)c(C(F)(F)F)c1)S(=O)(=O)c1ccc(C)cc1. The van der Waals surface area contributed by atoms with Crippen LogP contribution in [0.3, 0.4) is 0 Å². The number of carbonyl (C=O) groups excluding carboxylic acids is 2. The fourth-order valence-corrected chi connectivity index (χ4v) is 5.70. The Kier molecular flexibility index (Phi) is 10.3. The molecule has 0 aliphatic heterocycles. The number of halogens is 5. The van der Waals surface area contributed by atoms with Crippen LogP contribution in [0.25, 0.3) is 0 Å². The fraction of sp³-hybridized carbons (Fsp3) is 0.286. The number of benzene rings is 3. The summed E-state index contributed by atoms with van der Waals surface area (Å²) in [6.45, 7) is 4.20. The van der Waals surface area contributed by atoms with Gasteiger partial charge in [0.15, 0.2) is 0 Å². The van der Waals surface area contributed by atoms with E-state index in [4.69, 9.17) is 23.2 Å². The van der Waals surface area contributed by atoms with E-state index in [0.29, 0.717) is 21.0 Å². The maximum atomic E-state index is 13.8. The van der Waals surface area contributed by atoms with Crippen LogP contribution in [0.5, 0.6) is 0 Å². The highest BCUT2D eigenvalue weighted by Crippen LogP contribution is 2.38. The summed E-state index contributed by atoms with van der Waals surface area (Å²) in [6, 6.07) is 13.7. The Morgan fingerprint density at radius 1 is 0.976 bits per heavy atom. The Bertz CT molecular complexity index is 1500. The summed E-state index contributed by atoms with van der Waals surface area (Å²) in [7, 11) is -4.55. The predicted molar refractivity (Wildman–Crippen MR) is 152 cm³/mol. The Labute approximate surface area is 246 Å². The number of nitrogens with zero attached hydrogens (tertiary/aromatic N) is 2. The third-order valence-electron chi connectivity index (χ3n) is 6.22. The van der Waals surface area contributed by atoms with E-state index >= 15 is 0 Å². The number of carbonyl (C=O) groups is 2. The Hall–Kier alpha value is -3.28. The number of nitrogens with one attached hydrogen (secondary N) is 1. The molecular weight excluding hydrogens is 602 g/mol. The van der Waals surface area contributed by atoms with Gasteiger partial charge in [-0.05, 0) is 68.8 Å². The van der Waals surface area contributed by atoms with Gasteiger partial charge in [-0.3, -0.25) is 13.9 Å². The van der Waals surface area contributed by atoms with E-state index in [1.54, 1.807) is 38.1 Å². The molecule has 7 nitrogen and oxygen atoms in total. The summed E-state index contributed by atoms with van der Waals surface area (Å²) >= 11 is 11.7. The first-order valence-corrected chi connectivity index (χ1v) is 14.6. The van der Waals surface area contributed by atoms with Gasteiger partial charge in [0.1, 0.15) is 12.6 Å². The van der Waals surface area contributed by atoms with Gasteiger partial charge >= 0.3 is 6.18 Å². The first-order chi connectivity index (χ1) is 19.1. The molecule has 2 amide bonds. The third kappa shape index (κ3) is 7.93. The highest BCUT2D eigenvalue weighted by molar-refractivity contribution is 7.92. The standard InChI is InChI=1S/C28H28Cl2F3N3O4S/c1-4-34-27(38)19(3)35(16-20-7-9-21(29)10-8-20)26(37)17-36(41(39,40)23-12-5-18(2)6-13-23)22-11-14-25(30)24(15-22)28(31,32)33/h5-15,19H,4,16-17H2,1-3H3,(H,34,38). The van der Waals surface area contributed by atoms with Crippen LogP contribution in [0, 0.1) is 6.92 Å². The van der Waals surface area contributed by atoms with Crippen LogP contribution >= 0.6 is 23.2 Å². The van der Waals surface area contributed by atoms with Gasteiger partial charge in [-0.15, -0.1) is 0 Å². The van der Waals surface area contributed by atoms with Crippen molar-refractivity contribution < 1.29 is 31.2 Å². The monoisotopic (exact) mass is 629 g/mol. The van der Waals surface area contributed by atoms with E-state index in [1.807, 2.05) is 0 Å². The highest BCUT2D eigenvalue weighted by atomic mass is 35.5. The molecule has 3 aromatic carbocycles. The summed E-state index contributed by atoms with van der Waals surface area (Å²) in [5.74, 6) is -1.31. The number of aryl methyl sites for hydroxylation is 1. The van der Waals surface area contributed by atoms with E-state index in [-0.39, 0.29) is 18.0 Å². The van der Waals surface area contributed by atoms with Gasteiger partial charge in [0, 0.05) is 18.1 Å². The second-order valence-corrected chi connectivity index (χ2v) is 11.9. The van der Waals surface area contributed by atoms with Crippen LogP contribution in [0.1, 0.15) is 30.5 Å². The quantitative estimate of drug-likeness (QED) is 0.295. The second-order valence-electron chi connectivity index (χ2n) is 9.21. The van der Waals surface area contributed by atoms with Crippen molar-refractivity contribution in [1.29, 1.82) is 0 Å². The van der Waals surface area contributed by atoms with E-state index in [9.17, 15) is 31.2 Å². The number of hydrogen-bond acceptors (Lipinski definition) is 4. The topological polar surface area (TPSA) is 86.8 Å². The van der Waals surface area contributed by atoms with Crippen molar-refractivity contribution in [3.8, 4) is 0 Å². The number of hydrogen-bond donors (Lipinski definition) is 1. The van der Waals surface area contributed by atoms with Crippen LogP contribution in [0.4, 0.5) is 18.9 Å². The first-order valence-electron chi connectivity index (χ1n) is 12.4. The summed E-state index contributed by atoms with van der Waals surface area (Å²) in [4.78, 5) is 27.5. The number of sulfonamides is 1. The second kappa shape index (κ2) is 13.1. The van der Waals surface area contributed by atoms with Crippen molar-refractivity contribution in [1.82, 2.24) is 10.2 Å². The minimum atomic E-state index is -4.89. The largest absolute Gasteiger partial charge is 0.417 e. The van der Waals surface area contributed by atoms with Gasteiger partial charge in [-0.25, -0.2) is 8.42 Å². The van der Waals surface area contributed by atoms with Crippen LogP contribution in [0.2, 0.25) is 10.0 Å². The summed E-state index contributed by atoms with van der Waals surface area (Å²) in [6.07, 6.45) is -4.89. The van der Waals surface area contributed by atoms with E-state index in [1.165, 1.54) is 31.2 Å². The molecule has 1 N–H and O–H groups in total. The molecule has 0 aliphatic carbocycles. The lowest BCUT2D eigenvalue weighted by atomic mass is 10.1. The molecule has 3 aromatic rings. The van der Waals surface area contributed by atoms with Gasteiger partial charge in [0.05, 0.1) is 21.2 Å². The number of amides is 2. The van der Waals surface area contributed by atoms with Gasteiger partial charge in [0.25, 0.3) is 10.0 Å². The van der Waals surface area contributed by atoms with E-state index < -0.39 is 56.9 Å². The molecular formula is C28H28Cl2F3N3O4S. The number of likely N-dealkylation sites (N-methyl/N-ethyl adjacent to an activating group) is 1. The zero-order valence-electron chi connectivity index (χ0n) is 22.4. The minimum absolute atomic E-state index is 0.0961. The molecule has 0 saturated carbocycles. The zero-order valence-corrected chi connectivity index (χ0v) is 24.7. The van der Waals surface area contributed by atoms with Crippen LogP contribution < -0.4 is 9.62 Å². The molecule has 0 spiro atoms. The summed E-state index contributed by atoms with van der Waals surface area (Å²) < 4.78 is 69.3. The van der Waals surface area contributed by atoms with Crippen molar-refractivity contribution in [2.45, 2.75) is 44.4 Å². The van der Waals surface area contributed by atoms with Crippen molar-refractivity contribution in [2.75, 3.05) is 17.4 Å². The number of alkyl halides is 3. The molecule has 13 heteroatoms. The minimum Gasteiger partial charge on any atom is -0.355 e. The molecule has 1 atom stereocenters. The molecule has 1 unspecified atom stereocenters. The van der Waals surface area contributed by atoms with Crippen LogP contribution in [-0.2, 0) is 32.3 Å². The van der Waals surface area contributed by atoms with Crippen molar-refractivity contribution in [3.05, 3.63) is 93.5 Å². The molecule has 0 aliphatic rings.